The number of sulfone groups is 1. The summed E-state index contributed by atoms with van der Waals surface area (Å²) in [6.07, 6.45) is 7.45. The molecule has 0 radical (unpaired) electrons. The van der Waals surface area contributed by atoms with Gasteiger partial charge in [0.2, 0.25) is 0 Å². The molecule has 0 unspecified atom stereocenters. The third-order valence-electron chi connectivity index (χ3n) is 6.25. The minimum atomic E-state index is -3.47. The topological polar surface area (TPSA) is 152 Å². The summed E-state index contributed by atoms with van der Waals surface area (Å²) in [5, 5.41) is 10.2. The van der Waals surface area contributed by atoms with Gasteiger partial charge in [-0.3, -0.25) is 4.90 Å². The lowest BCUT2D eigenvalue weighted by molar-refractivity contribution is 0.332. The maximum Gasteiger partial charge on any atom is 0.256 e. The van der Waals surface area contributed by atoms with Crippen LogP contribution in [0.25, 0.3) is 11.4 Å². The van der Waals surface area contributed by atoms with Crippen molar-refractivity contribution in [3.63, 3.8) is 0 Å². The van der Waals surface area contributed by atoms with Gasteiger partial charge in [0, 0.05) is 37.6 Å². The quantitative estimate of drug-likeness (QED) is 0.381. The van der Waals surface area contributed by atoms with Gasteiger partial charge in [-0.25, -0.2) is 31.8 Å². The third-order valence-corrected chi connectivity index (χ3v) is 9.89. The highest BCUT2D eigenvalue weighted by molar-refractivity contribution is 7.91. The largest absolute Gasteiger partial charge is 0.382 e. The summed E-state index contributed by atoms with van der Waals surface area (Å²) in [7, 11) is -6.39. The van der Waals surface area contributed by atoms with Crippen LogP contribution in [-0.4, -0.2) is 88.3 Å². The zero-order chi connectivity index (χ0) is 27.6. The molecule has 4 heterocycles. The molecule has 2 fully saturated rings. The van der Waals surface area contributed by atoms with E-state index in [1.807, 2.05) is 24.8 Å². The van der Waals surface area contributed by atoms with Crippen LogP contribution in [0.15, 0.2) is 36.9 Å². The van der Waals surface area contributed by atoms with E-state index in [1.165, 1.54) is 12.4 Å². The SMILES string of the molecule is CC(C)Nc1cc(Nc2ccnc(-c3cnn(S(=O)(=O)C4CC4)c3)n2)ncc1C#CCN1CCS(=O)(=O)CC1. The first-order valence-electron chi connectivity index (χ1n) is 12.7. The fraction of sp³-hybridized carbons (Fsp3) is 0.440. The lowest BCUT2D eigenvalue weighted by atomic mass is 10.2. The molecule has 0 atom stereocenters. The lowest BCUT2D eigenvalue weighted by Gasteiger charge is -2.24. The molecule has 12 nitrogen and oxygen atoms in total. The molecule has 1 aliphatic carbocycles. The van der Waals surface area contributed by atoms with Gasteiger partial charge in [0.1, 0.15) is 11.6 Å². The zero-order valence-electron chi connectivity index (χ0n) is 21.7. The van der Waals surface area contributed by atoms with Crippen molar-refractivity contribution >= 4 is 37.2 Å². The number of hydrogen-bond donors (Lipinski definition) is 2. The van der Waals surface area contributed by atoms with Gasteiger partial charge in [-0.15, -0.1) is 0 Å². The van der Waals surface area contributed by atoms with Gasteiger partial charge in [0.05, 0.1) is 52.5 Å². The molecule has 3 aromatic heterocycles. The van der Waals surface area contributed by atoms with Crippen LogP contribution >= 0.6 is 0 Å². The van der Waals surface area contributed by atoms with E-state index in [9.17, 15) is 16.8 Å². The second-order valence-corrected chi connectivity index (χ2v) is 14.3. The van der Waals surface area contributed by atoms with Gasteiger partial charge in [-0.05, 0) is 32.8 Å². The minimum absolute atomic E-state index is 0.155. The van der Waals surface area contributed by atoms with Crippen LogP contribution in [0.4, 0.5) is 17.3 Å². The van der Waals surface area contributed by atoms with Crippen LogP contribution in [0.3, 0.4) is 0 Å². The highest BCUT2D eigenvalue weighted by atomic mass is 32.2. The summed E-state index contributed by atoms with van der Waals surface area (Å²) in [6, 6.07) is 3.69. The number of hydrogen-bond acceptors (Lipinski definition) is 11. The Bertz CT molecular complexity index is 1620. The molecule has 3 aromatic rings. The second-order valence-electron chi connectivity index (χ2n) is 9.88. The minimum Gasteiger partial charge on any atom is -0.382 e. The maximum atomic E-state index is 12.5. The number of aromatic nitrogens is 5. The number of pyridine rings is 1. The van der Waals surface area contributed by atoms with E-state index in [1.54, 1.807) is 18.5 Å². The Kier molecular flexibility index (Phi) is 7.57. The Morgan fingerprint density at radius 2 is 1.90 bits per heavy atom. The van der Waals surface area contributed by atoms with Crippen molar-refractivity contribution in [3.8, 4) is 23.2 Å². The Morgan fingerprint density at radius 3 is 2.62 bits per heavy atom. The molecule has 0 spiro atoms. The summed E-state index contributed by atoms with van der Waals surface area (Å²) in [5.41, 5.74) is 2.03. The molecule has 1 aliphatic heterocycles. The predicted octanol–water partition coefficient (Wildman–Crippen LogP) is 1.72. The van der Waals surface area contributed by atoms with E-state index in [2.05, 4.69) is 42.5 Å². The molecular formula is C25H30N8O4S2. The normalized spacial score (nSPS) is 17.4. The van der Waals surface area contributed by atoms with Crippen molar-refractivity contribution in [1.29, 1.82) is 0 Å². The monoisotopic (exact) mass is 570 g/mol. The van der Waals surface area contributed by atoms with Crippen LogP contribution in [0.2, 0.25) is 0 Å². The van der Waals surface area contributed by atoms with Gasteiger partial charge >= 0.3 is 0 Å². The molecule has 1 saturated carbocycles. The van der Waals surface area contributed by atoms with E-state index < -0.39 is 19.9 Å². The summed E-state index contributed by atoms with van der Waals surface area (Å²) < 4.78 is 49.2. The highest BCUT2D eigenvalue weighted by Crippen LogP contribution is 2.30. The van der Waals surface area contributed by atoms with Crippen molar-refractivity contribution in [2.75, 3.05) is 41.8 Å². The van der Waals surface area contributed by atoms with E-state index in [4.69, 9.17) is 0 Å². The maximum absolute atomic E-state index is 12.5. The first kappa shape index (κ1) is 27.0. The van der Waals surface area contributed by atoms with Crippen molar-refractivity contribution in [1.82, 2.24) is 29.0 Å². The highest BCUT2D eigenvalue weighted by Gasteiger charge is 2.37. The third kappa shape index (κ3) is 6.73. The Morgan fingerprint density at radius 1 is 1.13 bits per heavy atom. The molecular weight excluding hydrogens is 540 g/mol. The molecule has 206 valence electrons. The van der Waals surface area contributed by atoms with E-state index in [-0.39, 0.29) is 22.8 Å². The molecule has 0 bridgehead atoms. The van der Waals surface area contributed by atoms with E-state index in [0.717, 1.165) is 15.3 Å². The fourth-order valence-corrected chi connectivity index (χ4v) is 6.74. The molecule has 1 saturated heterocycles. The number of nitrogens with zero attached hydrogens (tertiary/aromatic N) is 6. The van der Waals surface area contributed by atoms with Crippen LogP contribution < -0.4 is 10.6 Å². The van der Waals surface area contributed by atoms with Crippen LogP contribution in [0.1, 0.15) is 32.3 Å². The van der Waals surface area contributed by atoms with Gasteiger partial charge in [-0.1, -0.05) is 11.8 Å². The second kappa shape index (κ2) is 10.9. The predicted molar refractivity (Wildman–Crippen MR) is 149 cm³/mol. The van der Waals surface area contributed by atoms with Crippen molar-refractivity contribution in [2.24, 2.45) is 0 Å². The number of anilines is 3. The molecule has 0 amide bonds. The smallest absolute Gasteiger partial charge is 0.256 e. The number of nitrogens with one attached hydrogen (secondary N) is 2. The Balaban J connectivity index is 1.30. The number of rotatable bonds is 8. The van der Waals surface area contributed by atoms with Crippen molar-refractivity contribution in [3.05, 3.63) is 42.5 Å². The summed E-state index contributed by atoms with van der Waals surface area (Å²) >= 11 is 0. The Labute approximate surface area is 228 Å². The van der Waals surface area contributed by atoms with Crippen LogP contribution in [0, 0.1) is 11.8 Å². The Hall–Kier alpha value is -3.54. The van der Waals surface area contributed by atoms with Gasteiger partial charge in [0.25, 0.3) is 10.0 Å². The molecule has 5 rings (SSSR count). The molecule has 2 aliphatic rings. The molecule has 14 heteroatoms. The first-order chi connectivity index (χ1) is 18.6. The van der Waals surface area contributed by atoms with Crippen molar-refractivity contribution in [2.45, 2.75) is 38.0 Å². The van der Waals surface area contributed by atoms with Gasteiger partial charge < -0.3 is 10.6 Å². The van der Waals surface area contributed by atoms with Gasteiger partial charge in [0.15, 0.2) is 15.7 Å². The molecule has 2 N–H and O–H groups in total. The molecule has 39 heavy (non-hydrogen) atoms. The average molecular weight is 571 g/mol. The zero-order valence-corrected chi connectivity index (χ0v) is 23.3. The average Bonchev–Trinajstić information content (AvgIpc) is 3.63. The van der Waals surface area contributed by atoms with Gasteiger partial charge in [-0.2, -0.15) is 9.19 Å². The fourth-order valence-electron chi connectivity index (χ4n) is 3.99. The van der Waals surface area contributed by atoms with E-state index in [0.29, 0.717) is 55.5 Å². The summed E-state index contributed by atoms with van der Waals surface area (Å²) in [5.74, 6) is 8.00. The molecule has 0 aromatic carbocycles. The van der Waals surface area contributed by atoms with Crippen LogP contribution in [0.5, 0.6) is 0 Å². The summed E-state index contributed by atoms with van der Waals surface area (Å²) in [4.78, 5) is 15.3. The first-order valence-corrected chi connectivity index (χ1v) is 16.0. The van der Waals surface area contributed by atoms with Crippen LogP contribution in [-0.2, 0) is 19.9 Å². The standard InChI is InChI=1S/C25H30N8O4S2/c1-18(2)29-22-14-24(27-15-19(22)4-3-9-32-10-12-38(34,35)13-11-32)30-23-7-8-26-25(31-23)20-16-28-33(17-20)39(36,37)21-5-6-21/h7-8,14-18,21H,5-6,9-13H2,1-2H3,(H2,26,27,29,30,31). The van der Waals surface area contributed by atoms with Crippen molar-refractivity contribution < 1.29 is 16.8 Å². The van der Waals surface area contributed by atoms with E-state index >= 15 is 0 Å². The lowest BCUT2D eigenvalue weighted by Crippen LogP contribution is -2.40. The summed E-state index contributed by atoms with van der Waals surface area (Å²) in [6.45, 7) is 5.53.